The molecule has 3 aliphatic rings. The summed E-state index contributed by atoms with van der Waals surface area (Å²) in [6.45, 7) is 6.67. The SMILES string of the molecule is O=C(CC[C@H]1CN(Cc2ccccc2)CC[C@H]1N1CCN(c2ccccc2F)CC1)NC1CCCC1. The third-order valence-electron chi connectivity index (χ3n) is 8.47. The average Bonchev–Trinajstić information content (AvgIpc) is 3.42. The maximum Gasteiger partial charge on any atom is 0.220 e. The minimum Gasteiger partial charge on any atom is -0.367 e. The van der Waals surface area contributed by atoms with E-state index in [4.69, 9.17) is 0 Å². The normalized spacial score (nSPS) is 24.2. The molecule has 6 heteroatoms. The van der Waals surface area contributed by atoms with Gasteiger partial charge < -0.3 is 10.2 Å². The van der Waals surface area contributed by atoms with Crippen molar-refractivity contribution in [1.29, 1.82) is 0 Å². The van der Waals surface area contributed by atoms with E-state index >= 15 is 0 Å². The van der Waals surface area contributed by atoms with Crippen molar-refractivity contribution in [2.24, 2.45) is 5.92 Å². The summed E-state index contributed by atoms with van der Waals surface area (Å²) in [7, 11) is 0. The van der Waals surface area contributed by atoms with Gasteiger partial charge in [-0.1, -0.05) is 55.3 Å². The first-order valence-electron chi connectivity index (χ1n) is 13.9. The lowest BCUT2D eigenvalue weighted by atomic mass is 9.86. The van der Waals surface area contributed by atoms with Crippen molar-refractivity contribution < 1.29 is 9.18 Å². The third-order valence-corrected chi connectivity index (χ3v) is 8.47. The van der Waals surface area contributed by atoms with Gasteiger partial charge in [-0.25, -0.2) is 4.39 Å². The number of nitrogens with zero attached hydrogens (tertiary/aromatic N) is 3. The highest BCUT2D eigenvalue weighted by Gasteiger charge is 2.35. The van der Waals surface area contributed by atoms with Crippen LogP contribution < -0.4 is 10.2 Å². The minimum atomic E-state index is -0.133. The van der Waals surface area contributed by atoms with E-state index in [0.29, 0.717) is 24.4 Å². The van der Waals surface area contributed by atoms with Crippen LogP contribution in [0.15, 0.2) is 54.6 Å². The first kappa shape index (κ1) is 25.2. The van der Waals surface area contributed by atoms with Gasteiger partial charge in [-0.2, -0.15) is 0 Å². The van der Waals surface area contributed by atoms with Gasteiger partial charge in [0.05, 0.1) is 5.69 Å². The Bertz CT molecular complexity index is 972. The second-order valence-corrected chi connectivity index (χ2v) is 10.9. The highest BCUT2D eigenvalue weighted by atomic mass is 19.1. The molecular weight excluding hydrogens is 451 g/mol. The van der Waals surface area contributed by atoms with E-state index in [-0.39, 0.29) is 11.7 Å². The molecule has 5 nitrogen and oxygen atoms in total. The Morgan fingerprint density at radius 2 is 1.61 bits per heavy atom. The van der Waals surface area contributed by atoms with Gasteiger partial charge in [-0.3, -0.25) is 14.6 Å². The lowest BCUT2D eigenvalue weighted by Crippen LogP contribution is -2.57. The molecule has 2 aromatic carbocycles. The summed E-state index contributed by atoms with van der Waals surface area (Å²) in [5, 5.41) is 3.28. The number of rotatable bonds is 8. The van der Waals surface area contributed by atoms with Crippen molar-refractivity contribution in [3.8, 4) is 0 Å². The van der Waals surface area contributed by atoms with E-state index in [2.05, 4.69) is 50.3 Å². The number of carbonyl (C=O) groups excluding carboxylic acids is 1. The van der Waals surface area contributed by atoms with Crippen LogP contribution in [0.25, 0.3) is 0 Å². The molecule has 1 N–H and O–H groups in total. The number of halogens is 1. The molecule has 1 saturated carbocycles. The summed E-state index contributed by atoms with van der Waals surface area (Å²) >= 11 is 0. The van der Waals surface area contributed by atoms with Crippen LogP contribution in [0.5, 0.6) is 0 Å². The molecule has 0 bridgehead atoms. The number of nitrogens with one attached hydrogen (secondary N) is 1. The standard InChI is InChI=1S/C30H41FN4O/c31-27-12-6-7-13-29(27)35-20-18-34(19-21-35)28-16-17-33(22-24-8-2-1-3-9-24)23-25(28)14-15-30(36)32-26-10-4-5-11-26/h1-3,6-9,12-13,25-26,28H,4-5,10-11,14-23H2,(H,32,36)/t25-,28+/m0/s1. The Balaban J connectivity index is 1.20. The van der Waals surface area contributed by atoms with Crippen molar-refractivity contribution in [2.45, 2.75) is 63.6 Å². The molecule has 0 unspecified atom stereocenters. The van der Waals surface area contributed by atoms with Crippen LogP contribution in [0.3, 0.4) is 0 Å². The molecule has 2 aromatic rings. The van der Waals surface area contributed by atoms with Crippen LogP contribution in [0, 0.1) is 11.7 Å². The van der Waals surface area contributed by atoms with Gasteiger partial charge in [0.2, 0.25) is 5.91 Å². The largest absolute Gasteiger partial charge is 0.367 e. The Morgan fingerprint density at radius 3 is 2.36 bits per heavy atom. The second kappa shape index (κ2) is 12.2. The highest BCUT2D eigenvalue weighted by molar-refractivity contribution is 5.76. The number of benzene rings is 2. The molecule has 2 atom stereocenters. The van der Waals surface area contributed by atoms with E-state index in [9.17, 15) is 9.18 Å². The van der Waals surface area contributed by atoms with E-state index in [1.54, 1.807) is 12.1 Å². The van der Waals surface area contributed by atoms with Crippen molar-refractivity contribution in [2.75, 3.05) is 44.2 Å². The average molecular weight is 493 g/mol. The number of piperidine rings is 1. The smallest absolute Gasteiger partial charge is 0.220 e. The van der Waals surface area contributed by atoms with E-state index in [1.807, 2.05) is 12.1 Å². The van der Waals surface area contributed by atoms with Gasteiger partial charge in [0.15, 0.2) is 0 Å². The summed E-state index contributed by atoms with van der Waals surface area (Å²) < 4.78 is 14.3. The minimum absolute atomic E-state index is 0.133. The number of hydrogen-bond acceptors (Lipinski definition) is 4. The Labute approximate surface area is 215 Å². The van der Waals surface area contributed by atoms with E-state index in [0.717, 1.165) is 77.2 Å². The first-order chi connectivity index (χ1) is 17.7. The van der Waals surface area contributed by atoms with Gasteiger partial charge in [0.25, 0.3) is 0 Å². The number of hydrogen-bond donors (Lipinski definition) is 1. The van der Waals surface area contributed by atoms with Crippen LogP contribution in [0.1, 0.15) is 50.5 Å². The Kier molecular flexibility index (Phi) is 8.55. The summed E-state index contributed by atoms with van der Waals surface area (Å²) in [6, 6.07) is 18.7. The lowest BCUT2D eigenvalue weighted by molar-refractivity contribution is -0.122. The number of amides is 1. The molecule has 2 heterocycles. The first-order valence-corrected chi connectivity index (χ1v) is 13.9. The van der Waals surface area contributed by atoms with Crippen molar-refractivity contribution in [3.05, 3.63) is 66.0 Å². The number of carbonyl (C=O) groups is 1. The quantitative estimate of drug-likeness (QED) is 0.581. The predicted molar refractivity (Wildman–Crippen MR) is 143 cm³/mol. The van der Waals surface area contributed by atoms with Crippen LogP contribution in [-0.4, -0.2) is 67.1 Å². The zero-order valence-corrected chi connectivity index (χ0v) is 21.5. The van der Waals surface area contributed by atoms with Crippen LogP contribution in [-0.2, 0) is 11.3 Å². The Morgan fingerprint density at radius 1 is 0.889 bits per heavy atom. The lowest BCUT2D eigenvalue weighted by Gasteiger charge is -2.47. The molecule has 194 valence electrons. The summed E-state index contributed by atoms with van der Waals surface area (Å²) in [6.07, 6.45) is 7.42. The molecule has 2 saturated heterocycles. The molecule has 3 fully saturated rings. The zero-order chi connectivity index (χ0) is 24.7. The molecule has 0 spiro atoms. The maximum absolute atomic E-state index is 14.3. The van der Waals surface area contributed by atoms with Crippen molar-refractivity contribution in [3.63, 3.8) is 0 Å². The van der Waals surface area contributed by atoms with Gasteiger partial charge in [-0.05, 0) is 55.8 Å². The maximum atomic E-state index is 14.3. The van der Waals surface area contributed by atoms with Crippen molar-refractivity contribution >= 4 is 11.6 Å². The summed E-state index contributed by atoms with van der Waals surface area (Å²) in [5.74, 6) is 0.563. The third kappa shape index (κ3) is 6.46. The molecule has 36 heavy (non-hydrogen) atoms. The van der Waals surface area contributed by atoms with Crippen LogP contribution in [0.2, 0.25) is 0 Å². The summed E-state index contributed by atoms with van der Waals surface area (Å²) in [4.78, 5) is 20.1. The van der Waals surface area contributed by atoms with Crippen molar-refractivity contribution in [1.82, 2.24) is 15.1 Å². The molecular formula is C30H41FN4O. The number of piperazine rings is 1. The van der Waals surface area contributed by atoms with Crippen LogP contribution >= 0.6 is 0 Å². The molecule has 5 rings (SSSR count). The highest BCUT2D eigenvalue weighted by Crippen LogP contribution is 2.30. The van der Waals surface area contributed by atoms with E-state index in [1.165, 1.54) is 18.4 Å². The monoisotopic (exact) mass is 492 g/mol. The molecule has 1 aliphatic carbocycles. The molecule has 0 radical (unpaired) electrons. The number of likely N-dealkylation sites (tertiary alicyclic amines) is 1. The fourth-order valence-corrected chi connectivity index (χ4v) is 6.53. The number of anilines is 1. The second-order valence-electron chi connectivity index (χ2n) is 10.9. The predicted octanol–water partition coefficient (Wildman–Crippen LogP) is 4.68. The van der Waals surface area contributed by atoms with Crippen LogP contribution in [0.4, 0.5) is 10.1 Å². The molecule has 1 amide bonds. The van der Waals surface area contributed by atoms with Gasteiger partial charge in [0.1, 0.15) is 5.82 Å². The molecule has 0 aromatic heterocycles. The fourth-order valence-electron chi connectivity index (χ4n) is 6.53. The number of para-hydroxylation sites is 1. The fraction of sp³-hybridized carbons (Fsp3) is 0.567. The Hall–Kier alpha value is -2.44. The van der Waals surface area contributed by atoms with Gasteiger partial charge >= 0.3 is 0 Å². The van der Waals surface area contributed by atoms with Gasteiger partial charge in [-0.15, -0.1) is 0 Å². The molecule has 2 aliphatic heterocycles. The summed E-state index contributed by atoms with van der Waals surface area (Å²) in [5.41, 5.74) is 2.07. The van der Waals surface area contributed by atoms with E-state index < -0.39 is 0 Å². The van der Waals surface area contributed by atoms with Gasteiger partial charge in [0, 0.05) is 57.8 Å². The topological polar surface area (TPSA) is 38.8 Å². The zero-order valence-electron chi connectivity index (χ0n) is 21.5.